The van der Waals surface area contributed by atoms with Crippen molar-refractivity contribution >= 4 is 10.8 Å². The maximum atomic E-state index is 9.94. The summed E-state index contributed by atoms with van der Waals surface area (Å²) < 4.78 is 0. The first kappa shape index (κ1) is 10.0. The highest BCUT2D eigenvalue weighted by Gasteiger charge is 2.20. The molecule has 0 fully saturated rings. The molecule has 1 N–H and O–H groups in total. The van der Waals surface area contributed by atoms with E-state index in [1.54, 1.807) is 6.07 Å². The Labute approximate surface area is 90.4 Å². The third-order valence-corrected chi connectivity index (χ3v) is 2.66. The molecule has 0 spiro atoms. The molecule has 1 heteroatoms. The predicted octanol–water partition coefficient (Wildman–Crippen LogP) is 3.84. The number of hydrogen-bond acceptors (Lipinski definition) is 1. The molecule has 2 aromatic carbocycles. The van der Waals surface area contributed by atoms with E-state index < -0.39 is 0 Å². The maximum Gasteiger partial charge on any atom is 0.119 e. The topological polar surface area (TPSA) is 20.2 Å². The fourth-order valence-corrected chi connectivity index (χ4v) is 2.05. The van der Waals surface area contributed by atoms with Crippen molar-refractivity contribution in [2.24, 2.45) is 0 Å². The molecule has 15 heavy (non-hydrogen) atoms. The highest BCUT2D eigenvalue weighted by atomic mass is 16.3. The van der Waals surface area contributed by atoms with Crippen molar-refractivity contribution < 1.29 is 5.11 Å². The van der Waals surface area contributed by atoms with E-state index in [0.29, 0.717) is 5.75 Å². The van der Waals surface area contributed by atoms with E-state index in [-0.39, 0.29) is 5.41 Å². The van der Waals surface area contributed by atoms with Gasteiger partial charge < -0.3 is 5.11 Å². The van der Waals surface area contributed by atoms with Crippen molar-refractivity contribution in [3.63, 3.8) is 0 Å². The van der Waals surface area contributed by atoms with Crippen LogP contribution in [0.1, 0.15) is 26.3 Å². The average molecular weight is 200 g/mol. The van der Waals surface area contributed by atoms with Gasteiger partial charge in [-0.1, -0.05) is 51.1 Å². The zero-order chi connectivity index (χ0) is 11.1. The molecule has 0 aliphatic heterocycles. The van der Waals surface area contributed by atoms with Gasteiger partial charge in [-0.2, -0.15) is 0 Å². The molecular weight excluding hydrogens is 184 g/mol. The van der Waals surface area contributed by atoms with Crippen LogP contribution in [-0.4, -0.2) is 5.11 Å². The van der Waals surface area contributed by atoms with Gasteiger partial charge in [-0.3, -0.25) is 0 Å². The van der Waals surface area contributed by atoms with Crippen LogP contribution >= 0.6 is 0 Å². The zero-order valence-corrected chi connectivity index (χ0v) is 9.41. The molecule has 0 saturated heterocycles. The smallest absolute Gasteiger partial charge is 0.119 e. The highest BCUT2D eigenvalue weighted by Crippen LogP contribution is 2.36. The monoisotopic (exact) mass is 200 g/mol. The van der Waals surface area contributed by atoms with Gasteiger partial charge in [0.05, 0.1) is 0 Å². The van der Waals surface area contributed by atoms with Crippen molar-refractivity contribution in [2.45, 2.75) is 26.2 Å². The lowest BCUT2D eigenvalue weighted by Gasteiger charge is -2.22. The first-order valence-corrected chi connectivity index (χ1v) is 5.21. The largest absolute Gasteiger partial charge is 0.508 e. The van der Waals surface area contributed by atoms with Gasteiger partial charge in [-0.25, -0.2) is 0 Å². The van der Waals surface area contributed by atoms with Crippen LogP contribution in [0, 0.1) is 0 Å². The van der Waals surface area contributed by atoms with E-state index in [4.69, 9.17) is 0 Å². The number of hydrogen-bond donors (Lipinski definition) is 1. The third kappa shape index (κ3) is 1.70. The number of benzene rings is 2. The summed E-state index contributed by atoms with van der Waals surface area (Å²) in [7, 11) is 0. The first-order chi connectivity index (χ1) is 7.00. The van der Waals surface area contributed by atoms with E-state index in [1.807, 2.05) is 18.2 Å². The summed E-state index contributed by atoms with van der Waals surface area (Å²) in [6.07, 6.45) is 0. The second kappa shape index (κ2) is 3.27. The van der Waals surface area contributed by atoms with Crippen LogP contribution in [0.5, 0.6) is 5.75 Å². The minimum atomic E-state index is -0.0368. The number of rotatable bonds is 0. The maximum absolute atomic E-state index is 9.94. The molecule has 0 radical (unpaired) electrons. The summed E-state index contributed by atoms with van der Waals surface area (Å²) >= 11 is 0. The minimum absolute atomic E-state index is 0.0368. The van der Waals surface area contributed by atoms with Gasteiger partial charge in [0.25, 0.3) is 0 Å². The second-order valence-electron chi connectivity index (χ2n) is 4.93. The standard InChI is InChI=1S/C14H16O/c1-14(2,3)13-11-7-5-4-6-10(11)8-9-12(13)15/h4-9,15H,1-3H3. The van der Waals surface area contributed by atoms with Crippen molar-refractivity contribution in [1.82, 2.24) is 0 Å². The van der Waals surface area contributed by atoms with Gasteiger partial charge in [0.1, 0.15) is 5.75 Å². The lowest BCUT2D eigenvalue weighted by atomic mass is 9.83. The normalized spacial score (nSPS) is 11.9. The SMILES string of the molecule is CC(C)(C)c1c(O)ccc2ccccc12. The first-order valence-electron chi connectivity index (χ1n) is 5.21. The summed E-state index contributed by atoms with van der Waals surface area (Å²) in [6, 6.07) is 11.9. The van der Waals surface area contributed by atoms with Crippen molar-refractivity contribution in [1.29, 1.82) is 0 Å². The highest BCUT2D eigenvalue weighted by molar-refractivity contribution is 5.88. The summed E-state index contributed by atoms with van der Waals surface area (Å²) in [6.45, 7) is 6.36. The van der Waals surface area contributed by atoms with Gasteiger partial charge in [0.15, 0.2) is 0 Å². The van der Waals surface area contributed by atoms with E-state index in [1.165, 1.54) is 5.39 Å². The Balaban J connectivity index is 2.86. The Morgan fingerprint density at radius 2 is 1.60 bits per heavy atom. The quantitative estimate of drug-likeness (QED) is 0.685. The molecule has 78 valence electrons. The Kier molecular flexibility index (Phi) is 2.18. The fourth-order valence-electron chi connectivity index (χ4n) is 2.05. The van der Waals surface area contributed by atoms with Crippen LogP contribution < -0.4 is 0 Å². The Bertz CT molecular complexity index is 492. The van der Waals surface area contributed by atoms with Gasteiger partial charge >= 0.3 is 0 Å². The molecule has 0 bridgehead atoms. The van der Waals surface area contributed by atoms with E-state index in [2.05, 4.69) is 32.9 Å². The molecule has 0 unspecified atom stereocenters. The lowest BCUT2D eigenvalue weighted by Crippen LogP contribution is -2.11. The molecule has 0 atom stereocenters. The molecule has 1 nitrogen and oxygen atoms in total. The van der Waals surface area contributed by atoms with Crippen LogP contribution in [0.15, 0.2) is 36.4 Å². The summed E-state index contributed by atoms with van der Waals surface area (Å²) in [5.41, 5.74) is 0.992. The van der Waals surface area contributed by atoms with Gasteiger partial charge in [-0.05, 0) is 22.3 Å². The molecule has 0 aliphatic rings. The van der Waals surface area contributed by atoms with Crippen molar-refractivity contribution in [3.05, 3.63) is 42.0 Å². The van der Waals surface area contributed by atoms with Gasteiger partial charge in [0.2, 0.25) is 0 Å². The van der Waals surface area contributed by atoms with E-state index in [0.717, 1.165) is 10.9 Å². The Morgan fingerprint density at radius 3 is 2.27 bits per heavy atom. The average Bonchev–Trinajstić information content (AvgIpc) is 2.15. The van der Waals surface area contributed by atoms with Gasteiger partial charge in [0, 0.05) is 5.56 Å². The number of fused-ring (bicyclic) bond motifs is 1. The second-order valence-corrected chi connectivity index (χ2v) is 4.93. The van der Waals surface area contributed by atoms with Crippen molar-refractivity contribution in [2.75, 3.05) is 0 Å². The summed E-state index contributed by atoms with van der Waals surface area (Å²) in [4.78, 5) is 0. The molecule has 0 aliphatic carbocycles. The lowest BCUT2D eigenvalue weighted by molar-refractivity contribution is 0.449. The van der Waals surface area contributed by atoms with Crippen molar-refractivity contribution in [3.8, 4) is 5.75 Å². The third-order valence-electron chi connectivity index (χ3n) is 2.66. The van der Waals surface area contributed by atoms with Crippen LogP contribution in [0.25, 0.3) is 10.8 Å². The Morgan fingerprint density at radius 1 is 0.933 bits per heavy atom. The number of phenolic OH excluding ortho intramolecular Hbond substituents is 1. The Hall–Kier alpha value is -1.50. The molecule has 0 aromatic heterocycles. The fraction of sp³-hybridized carbons (Fsp3) is 0.286. The molecule has 0 amide bonds. The van der Waals surface area contributed by atoms with Crippen LogP contribution in [0.4, 0.5) is 0 Å². The van der Waals surface area contributed by atoms with E-state index >= 15 is 0 Å². The molecule has 0 saturated carbocycles. The number of aromatic hydroxyl groups is 1. The van der Waals surface area contributed by atoms with Crippen LogP contribution in [0.3, 0.4) is 0 Å². The van der Waals surface area contributed by atoms with E-state index in [9.17, 15) is 5.11 Å². The summed E-state index contributed by atoms with van der Waals surface area (Å²) in [5.74, 6) is 0.390. The molecule has 0 heterocycles. The predicted molar refractivity (Wildman–Crippen MR) is 64.3 cm³/mol. The zero-order valence-electron chi connectivity index (χ0n) is 9.41. The molecular formula is C14H16O. The minimum Gasteiger partial charge on any atom is -0.508 e. The van der Waals surface area contributed by atoms with Crippen LogP contribution in [-0.2, 0) is 5.41 Å². The number of phenols is 1. The van der Waals surface area contributed by atoms with Crippen LogP contribution in [0.2, 0.25) is 0 Å². The summed E-state index contributed by atoms with van der Waals surface area (Å²) in [5, 5.41) is 12.3. The van der Waals surface area contributed by atoms with Gasteiger partial charge in [-0.15, -0.1) is 0 Å². The molecule has 2 aromatic rings. The molecule has 2 rings (SSSR count).